The number of likely N-dealkylation sites (tertiary alicyclic amines) is 1. The molecule has 2 fully saturated rings. The number of ether oxygens (including phenoxy) is 1. The van der Waals surface area contributed by atoms with Crippen LogP contribution in [0.3, 0.4) is 0 Å². The van der Waals surface area contributed by atoms with Crippen molar-refractivity contribution in [1.82, 2.24) is 4.90 Å². The molecule has 0 radical (unpaired) electrons. The second-order valence-corrected chi connectivity index (χ2v) is 10.9. The maximum absolute atomic E-state index is 7.03. The highest BCUT2D eigenvalue weighted by molar-refractivity contribution is 6.00. The summed E-state index contributed by atoms with van der Waals surface area (Å²) >= 11 is 0. The smallest absolute Gasteiger partial charge is 0.265 e. The minimum absolute atomic E-state index is 0.0781. The number of amidine groups is 1. The first-order chi connectivity index (χ1) is 18.2. The molecule has 2 aromatic rings. The van der Waals surface area contributed by atoms with Gasteiger partial charge < -0.3 is 9.64 Å². The Hall–Kier alpha value is -3.06. The summed E-state index contributed by atoms with van der Waals surface area (Å²) in [5.41, 5.74) is 4.26. The zero-order chi connectivity index (χ0) is 25.1. The molecule has 0 bridgehead atoms. The second-order valence-electron chi connectivity index (χ2n) is 10.9. The summed E-state index contributed by atoms with van der Waals surface area (Å²) in [6, 6.07) is 18.4. The fraction of sp³-hybridized carbons (Fsp3) is 0.419. The first-order valence-corrected chi connectivity index (χ1v) is 13.9. The minimum atomic E-state index is 0.0781. The van der Waals surface area contributed by atoms with Crippen molar-refractivity contribution in [2.24, 2.45) is 27.7 Å². The molecule has 0 spiro atoms. The van der Waals surface area contributed by atoms with Crippen LogP contribution in [0.4, 0.5) is 0 Å². The molecule has 2 aromatic carbocycles. The molecule has 1 aliphatic carbocycles. The van der Waals surface area contributed by atoms with E-state index in [2.05, 4.69) is 34.2 Å². The van der Waals surface area contributed by atoms with Gasteiger partial charge in [-0.1, -0.05) is 42.8 Å². The van der Waals surface area contributed by atoms with Crippen molar-refractivity contribution in [1.29, 1.82) is 0 Å². The topological polar surface area (TPSA) is 63.2 Å². The molecule has 1 atom stereocenters. The summed E-state index contributed by atoms with van der Waals surface area (Å²) in [6.07, 6.45) is 14.7. The SMILES string of the molecule is N[N+]12C=CN=CC1=C(C1CCC(CN3CCCCC3)CC1)N=C2c1cccc(OCc2ccccc2)c1. The molecule has 1 saturated heterocycles. The van der Waals surface area contributed by atoms with Crippen molar-refractivity contribution in [3.63, 3.8) is 0 Å². The van der Waals surface area contributed by atoms with Crippen molar-refractivity contribution in [2.75, 3.05) is 19.6 Å². The standard InChI is InChI=1S/C31H38N5O/c32-36-19-16-33-21-29(36)30(26-14-12-24(13-15-26)22-35-17-5-2-6-18-35)34-31(36)27-10-7-11-28(20-27)37-23-25-8-3-1-4-9-25/h1,3-4,7-11,16,19-21,24,26H,2,5-6,12-15,17-18,22-23,32H2/q+1. The molecule has 6 heteroatoms. The van der Waals surface area contributed by atoms with Gasteiger partial charge in [-0.2, -0.15) is 10.8 Å². The summed E-state index contributed by atoms with van der Waals surface area (Å²) in [4.78, 5) is 12.4. The molecule has 1 saturated carbocycles. The second kappa shape index (κ2) is 10.7. The Balaban J connectivity index is 1.18. The van der Waals surface area contributed by atoms with Crippen molar-refractivity contribution in [3.05, 3.63) is 89.5 Å². The number of nitrogens with two attached hydrogens (primary N) is 1. The monoisotopic (exact) mass is 496 g/mol. The molecule has 6 nitrogen and oxygen atoms in total. The van der Waals surface area contributed by atoms with Gasteiger partial charge in [-0.25, -0.2) is 0 Å². The zero-order valence-electron chi connectivity index (χ0n) is 21.6. The van der Waals surface area contributed by atoms with E-state index in [-0.39, 0.29) is 4.59 Å². The highest BCUT2D eigenvalue weighted by atomic mass is 16.5. The van der Waals surface area contributed by atoms with Crippen LogP contribution in [0.25, 0.3) is 0 Å². The quantitative estimate of drug-likeness (QED) is 0.391. The van der Waals surface area contributed by atoms with Crippen LogP contribution in [-0.2, 0) is 6.61 Å². The van der Waals surface area contributed by atoms with Crippen molar-refractivity contribution in [2.45, 2.75) is 51.6 Å². The van der Waals surface area contributed by atoms with Gasteiger partial charge in [0.15, 0.2) is 0 Å². The molecule has 0 aromatic heterocycles. The third kappa shape index (κ3) is 5.19. The fourth-order valence-corrected chi connectivity index (χ4v) is 6.30. The van der Waals surface area contributed by atoms with Gasteiger partial charge in [-0.05, 0) is 81.3 Å². The van der Waals surface area contributed by atoms with Gasteiger partial charge in [0.05, 0.1) is 18.0 Å². The summed E-state index contributed by atoms with van der Waals surface area (Å²) in [6.45, 7) is 4.37. The Morgan fingerprint density at radius 3 is 2.57 bits per heavy atom. The van der Waals surface area contributed by atoms with E-state index in [1.165, 1.54) is 64.6 Å². The molecule has 3 heterocycles. The molecule has 3 aliphatic heterocycles. The number of rotatable bonds is 7. The molecule has 2 N–H and O–H groups in total. The number of nitrogens with zero attached hydrogens (tertiary/aromatic N) is 4. The summed E-state index contributed by atoms with van der Waals surface area (Å²) < 4.78 is 6.19. The van der Waals surface area contributed by atoms with Crippen LogP contribution in [0.15, 0.2) is 88.4 Å². The number of piperidine rings is 1. The largest absolute Gasteiger partial charge is 0.489 e. The maximum atomic E-state index is 7.03. The number of allylic oxidation sites excluding steroid dienone is 2. The van der Waals surface area contributed by atoms with Crippen molar-refractivity contribution in [3.8, 4) is 5.75 Å². The Morgan fingerprint density at radius 2 is 1.76 bits per heavy atom. The van der Waals surface area contributed by atoms with Gasteiger partial charge in [-0.15, -0.1) is 4.59 Å². The number of benzene rings is 2. The summed E-state index contributed by atoms with van der Waals surface area (Å²) in [5.74, 6) is 9.92. The predicted molar refractivity (Wildman–Crippen MR) is 149 cm³/mol. The normalized spacial score (nSPS) is 27.8. The lowest BCUT2D eigenvalue weighted by atomic mass is 9.79. The average molecular weight is 497 g/mol. The van der Waals surface area contributed by atoms with E-state index >= 15 is 0 Å². The van der Waals surface area contributed by atoms with Crippen LogP contribution in [-0.4, -0.2) is 41.2 Å². The van der Waals surface area contributed by atoms with Gasteiger partial charge in [0, 0.05) is 12.5 Å². The van der Waals surface area contributed by atoms with E-state index < -0.39 is 0 Å². The fourth-order valence-electron chi connectivity index (χ4n) is 6.30. The lowest BCUT2D eigenvalue weighted by Gasteiger charge is -2.34. The Bertz CT molecular complexity index is 1220. The van der Waals surface area contributed by atoms with E-state index in [4.69, 9.17) is 15.6 Å². The number of quaternary nitrogens is 1. The Morgan fingerprint density at radius 1 is 0.946 bits per heavy atom. The van der Waals surface area contributed by atoms with E-state index in [1.807, 2.05) is 42.7 Å². The molecule has 37 heavy (non-hydrogen) atoms. The summed E-state index contributed by atoms with van der Waals surface area (Å²) in [7, 11) is 0. The number of hydrogen-bond acceptors (Lipinski definition) is 5. The number of fused-ring (bicyclic) bond motifs is 1. The maximum Gasteiger partial charge on any atom is 0.265 e. The lowest BCUT2D eigenvalue weighted by molar-refractivity contribution is -0.750. The van der Waals surface area contributed by atoms with E-state index in [0.29, 0.717) is 12.5 Å². The van der Waals surface area contributed by atoms with Crippen LogP contribution in [0.1, 0.15) is 56.1 Å². The van der Waals surface area contributed by atoms with Crippen molar-refractivity contribution >= 4 is 12.1 Å². The van der Waals surface area contributed by atoms with Crippen LogP contribution in [0.2, 0.25) is 0 Å². The van der Waals surface area contributed by atoms with Gasteiger partial charge in [-0.3, -0.25) is 4.99 Å². The van der Waals surface area contributed by atoms with Gasteiger partial charge in [0.2, 0.25) is 5.70 Å². The highest BCUT2D eigenvalue weighted by Gasteiger charge is 2.46. The van der Waals surface area contributed by atoms with E-state index in [9.17, 15) is 0 Å². The lowest BCUT2D eigenvalue weighted by Crippen LogP contribution is -2.53. The van der Waals surface area contributed by atoms with Crippen LogP contribution < -0.4 is 10.6 Å². The number of aliphatic imine (C=N–C) groups is 2. The van der Waals surface area contributed by atoms with Crippen LogP contribution >= 0.6 is 0 Å². The molecular formula is C31H38N5O+. The first kappa shape index (κ1) is 24.3. The third-order valence-corrected chi connectivity index (χ3v) is 8.36. The molecular weight excluding hydrogens is 458 g/mol. The minimum Gasteiger partial charge on any atom is -0.489 e. The molecule has 1 unspecified atom stereocenters. The Kier molecular flexibility index (Phi) is 7.05. The summed E-state index contributed by atoms with van der Waals surface area (Å²) in [5, 5.41) is 0. The number of hydrogen-bond donors (Lipinski definition) is 1. The first-order valence-electron chi connectivity index (χ1n) is 13.9. The van der Waals surface area contributed by atoms with Gasteiger partial charge in [0.1, 0.15) is 24.3 Å². The molecule has 192 valence electrons. The Labute approximate surface area is 220 Å². The highest BCUT2D eigenvalue weighted by Crippen LogP contribution is 2.41. The molecule has 0 amide bonds. The third-order valence-electron chi connectivity index (χ3n) is 8.36. The zero-order valence-corrected chi connectivity index (χ0v) is 21.6. The molecule has 6 rings (SSSR count). The average Bonchev–Trinajstić information content (AvgIpc) is 3.27. The predicted octanol–water partition coefficient (Wildman–Crippen LogP) is 5.78. The van der Waals surface area contributed by atoms with Gasteiger partial charge >= 0.3 is 0 Å². The van der Waals surface area contributed by atoms with Crippen molar-refractivity contribution < 1.29 is 9.33 Å². The molecule has 4 aliphatic rings. The van der Waals surface area contributed by atoms with Crippen LogP contribution in [0.5, 0.6) is 5.75 Å². The van der Waals surface area contributed by atoms with E-state index in [1.54, 1.807) is 6.20 Å². The van der Waals surface area contributed by atoms with Gasteiger partial charge in [0.25, 0.3) is 5.84 Å². The van der Waals surface area contributed by atoms with E-state index in [0.717, 1.165) is 40.0 Å². The van der Waals surface area contributed by atoms with Crippen LogP contribution in [0, 0.1) is 11.8 Å².